The summed E-state index contributed by atoms with van der Waals surface area (Å²) in [5.74, 6) is -0.170. The fraction of sp³-hybridized carbons (Fsp3) is 0.273. The number of rotatable bonds is 3. The molecule has 0 aliphatic rings. The minimum Gasteiger partial charge on any atom is -0.351 e. The van der Waals surface area contributed by atoms with E-state index >= 15 is 0 Å². The normalized spacial score (nSPS) is 8.44. The summed E-state index contributed by atoms with van der Waals surface area (Å²) in [4.78, 5) is 21.6. The van der Waals surface area contributed by atoms with E-state index < -0.39 is 0 Å². The smallest absolute Gasteiger partial charge is 0.238 e. The van der Waals surface area contributed by atoms with Gasteiger partial charge in [0, 0.05) is 19.8 Å². The summed E-state index contributed by atoms with van der Waals surface area (Å²) in [6, 6.07) is 9.22. The molecule has 0 unspecified atom stereocenters. The molecule has 0 atom stereocenters. The van der Waals surface area contributed by atoms with Crippen molar-refractivity contribution in [2.75, 3.05) is 26.0 Å². The van der Waals surface area contributed by atoms with Crippen molar-refractivity contribution in [3.05, 3.63) is 30.3 Å². The highest BCUT2D eigenvalue weighted by molar-refractivity contribution is 5.91. The van der Waals surface area contributed by atoms with E-state index in [1.807, 2.05) is 30.3 Å². The van der Waals surface area contributed by atoms with Gasteiger partial charge in [0.15, 0.2) is 0 Å². The van der Waals surface area contributed by atoms with Crippen molar-refractivity contribution in [1.82, 2.24) is 4.90 Å². The van der Waals surface area contributed by atoms with Gasteiger partial charge in [0.1, 0.15) is 0 Å². The second-order valence-corrected chi connectivity index (χ2v) is 3.19. The molecule has 5 nitrogen and oxygen atoms in total. The van der Waals surface area contributed by atoms with Crippen LogP contribution in [0.1, 0.15) is 0 Å². The van der Waals surface area contributed by atoms with Crippen LogP contribution in [0, 0.1) is 0 Å². The van der Waals surface area contributed by atoms with Crippen LogP contribution in [0.4, 0.5) is 5.69 Å². The number of benzene rings is 1. The Morgan fingerprint density at radius 2 is 1.88 bits per heavy atom. The molecule has 2 amide bonds. The van der Waals surface area contributed by atoms with Crippen LogP contribution in [0.25, 0.3) is 0 Å². The molecule has 16 heavy (non-hydrogen) atoms. The Balaban J connectivity index is 0.000000385. The summed E-state index contributed by atoms with van der Waals surface area (Å²) in [5, 5.41) is 2.63. The van der Waals surface area contributed by atoms with Gasteiger partial charge in [-0.15, -0.1) is 0 Å². The molecule has 3 N–H and O–H groups in total. The Morgan fingerprint density at radius 3 is 2.25 bits per heavy atom. The van der Waals surface area contributed by atoms with E-state index in [4.69, 9.17) is 5.73 Å². The topological polar surface area (TPSA) is 75.4 Å². The van der Waals surface area contributed by atoms with Crippen LogP contribution in [0.5, 0.6) is 0 Å². The Bertz CT molecular complexity index is 312. The van der Waals surface area contributed by atoms with Crippen molar-refractivity contribution >= 4 is 18.0 Å². The lowest BCUT2D eigenvalue weighted by Gasteiger charge is -2.00. The number of para-hydroxylation sites is 1. The maximum absolute atomic E-state index is 10.7. The lowest BCUT2D eigenvalue weighted by atomic mass is 10.3. The van der Waals surface area contributed by atoms with Crippen molar-refractivity contribution in [3.63, 3.8) is 0 Å². The Labute approximate surface area is 95.2 Å². The van der Waals surface area contributed by atoms with Crippen molar-refractivity contribution in [2.24, 2.45) is 5.73 Å². The SMILES string of the molecule is CN(C)C=O.NCC(=O)Nc1ccccc1. The number of carbonyl (C=O) groups excluding carboxylic acids is 2. The molecule has 0 saturated carbocycles. The number of anilines is 1. The van der Waals surface area contributed by atoms with Crippen LogP contribution in [0.3, 0.4) is 0 Å². The van der Waals surface area contributed by atoms with Crippen LogP contribution in [-0.4, -0.2) is 37.9 Å². The van der Waals surface area contributed by atoms with Crippen LogP contribution >= 0.6 is 0 Å². The van der Waals surface area contributed by atoms with Crippen LogP contribution in [0.2, 0.25) is 0 Å². The Kier molecular flexibility index (Phi) is 7.44. The van der Waals surface area contributed by atoms with Crippen molar-refractivity contribution in [3.8, 4) is 0 Å². The summed E-state index contributed by atoms with van der Waals surface area (Å²) in [6.45, 7) is 0.0227. The lowest BCUT2D eigenvalue weighted by molar-refractivity contribution is -0.116. The van der Waals surface area contributed by atoms with E-state index in [2.05, 4.69) is 5.32 Å². The largest absolute Gasteiger partial charge is 0.351 e. The number of amides is 2. The molecule has 0 radical (unpaired) electrons. The van der Waals surface area contributed by atoms with Gasteiger partial charge in [-0.3, -0.25) is 9.59 Å². The highest BCUT2D eigenvalue weighted by Gasteiger charge is 1.95. The zero-order valence-corrected chi connectivity index (χ0v) is 9.51. The number of hydrogen-bond acceptors (Lipinski definition) is 3. The van der Waals surface area contributed by atoms with Gasteiger partial charge in [-0.2, -0.15) is 0 Å². The fourth-order valence-corrected chi connectivity index (χ4v) is 0.734. The summed E-state index contributed by atoms with van der Waals surface area (Å²) in [5.41, 5.74) is 5.89. The fourth-order valence-electron chi connectivity index (χ4n) is 0.734. The van der Waals surface area contributed by atoms with E-state index in [-0.39, 0.29) is 12.5 Å². The molecule has 88 valence electrons. The summed E-state index contributed by atoms with van der Waals surface area (Å²) in [7, 11) is 3.38. The highest BCUT2D eigenvalue weighted by atomic mass is 16.1. The molecule has 0 saturated heterocycles. The van der Waals surface area contributed by atoms with Crippen LogP contribution in [-0.2, 0) is 9.59 Å². The Morgan fingerprint density at radius 1 is 1.38 bits per heavy atom. The van der Waals surface area contributed by atoms with Gasteiger partial charge >= 0.3 is 0 Å². The van der Waals surface area contributed by atoms with Crippen LogP contribution < -0.4 is 11.1 Å². The highest BCUT2D eigenvalue weighted by Crippen LogP contribution is 2.03. The molecule has 0 bridgehead atoms. The minimum atomic E-state index is -0.170. The molecule has 1 rings (SSSR count). The second kappa shape index (κ2) is 8.43. The average Bonchev–Trinajstić information content (AvgIpc) is 2.31. The third-order valence-electron chi connectivity index (χ3n) is 1.45. The first-order chi connectivity index (χ1) is 7.60. The number of nitrogens with two attached hydrogens (primary N) is 1. The Hall–Kier alpha value is -1.88. The quantitative estimate of drug-likeness (QED) is 0.723. The van der Waals surface area contributed by atoms with Gasteiger partial charge in [-0.25, -0.2) is 0 Å². The molecule has 0 spiro atoms. The predicted molar refractivity (Wildman–Crippen MR) is 63.9 cm³/mol. The number of carbonyl (C=O) groups is 2. The summed E-state index contributed by atoms with van der Waals surface area (Å²) < 4.78 is 0. The van der Waals surface area contributed by atoms with Crippen molar-refractivity contribution < 1.29 is 9.59 Å². The molecule has 0 heterocycles. The predicted octanol–water partition coefficient (Wildman–Crippen LogP) is 0.288. The number of nitrogens with zero attached hydrogens (tertiary/aromatic N) is 1. The van der Waals surface area contributed by atoms with Gasteiger partial charge in [0.25, 0.3) is 0 Å². The molecule has 1 aromatic carbocycles. The third kappa shape index (κ3) is 7.52. The first-order valence-electron chi connectivity index (χ1n) is 4.76. The van der Waals surface area contributed by atoms with Gasteiger partial charge in [-0.05, 0) is 12.1 Å². The monoisotopic (exact) mass is 223 g/mol. The molecule has 0 aliphatic carbocycles. The standard InChI is InChI=1S/C8H10N2O.C3H7NO/c9-6-8(11)10-7-4-2-1-3-5-7;1-4(2)3-5/h1-5H,6,9H2,(H,10,11);3H,1-2H3. The van der Waals surface area contributed by atoms with Gasteiger partial charge in [-0.1, -0.05) is 18.2 Å². The van der Waals surface area contributed by atoms with E-state index in [1.54, 1.807) is 14.1 Å². The summed E-state index contributed by atoms with van der Waals surface area (Å²) in [6.07, 6.45) is 0.750. The molecule has 0 aromatic heterocycles. The second-order valence-electron chi connectivity index (χ2n) is 3.19. The third-order valence-corrected chi connectivity index (χ3v) is 1.45. The molecule has 0 fully saturated rings. The maximum Gasteiger partial charge on any atom is 0.238 e. The van der Waals surface area contributed by atoms with E-state index in [1.165, 1.54) is 4.90 Å². The van der Waals surface area contributed by atoms with E-state index in [9.17, 15) is 9.59 Å². The first-order valence-corrected chi connectivity index (χ1v) is 4.76. The van der Waals surface area contributed by atoms with Gasteiger partial charge < -0.3 is 16.0 Å². The zero-order chi connectivity index (χ0) is 12.4. The zero-order valence-electron chi connectivity index (χ0n) is 9.51. The molecule has 1 aromatic rings. The minimum absolute atomic E-state index is 0.0227. The molecular formula is C11H17N3O2. The number of hydrogen-bond donors (Lipinski definition) is 2. The summed E-state index contributed by atoms with van der Waals surface area (Å²) >= 11 is 0. The van der Waals surface area contributed by atoms with Gasteiger partial charge in [0.05, 0.1) is 6.54 Å². The van der Waals surface area contributed by atoms with E-state index in [0.717, 1.165) is 12.1 Å². The maximum atomic E-state index is 10.7. The lowest BCUT2D eigenvalue weighted by Crippen LogP contribution is -2.21. The van der Waals surface area contributed by atoms with Crippen molar-refractivity contribution in [2.45, 2.75) is 0 Å². The van der Waals surface area contributed by atoms with Crippen LogP contribution in [0.15, 0.2) is 30.3 Å². The van der Waals surface area contributed by atoms with Gasteiger partial charge in [0.2, 0.25) is 12.3 Å². The molecule has 5 heteroatoms. The average molecular weight is 223 g/mol. The first kappa shape index (κ1) is 14.1. The molecular weight excluding hydrogens is 206 g/mol. The van der Waals surface area contributed by atoms with E-state index in [0.29, 0.717) is 0 Å². The number of nitrogens with one attached hydrogen (secondary N) is 1. The molecule has 0 aliphatic heterocycles. The van der Waals surface area contributed by atoms with Crippen molar-refractivity contribution in [1.29, 1.82) is 0 Å².